The van der Waals surface area contributed by atoms with Crippen molar-refractivity contribution in [3.8, 4) is 11.6 Å². The zero-order valence-corrected chi connectivity index (χ0v) is 9.78. The molecule has 3 nitrogen and oxygen atoms in total. The van der Waals surface area contributed by atoms with Crippen molar-refractivity contribution < 1.29 is 13.5 Å². The Labute approximate surface area is 103 Å². The number of nitrogens with two attached hydrogens (primary N) is 1. The van der Waals surface area contributed by atoms with Crippen LogP contribution in [0.4, 0.5) is 8.78 Å². The molecule has 1 aromatic heterocycles. The van der Waals surface area contributed by atoms with E-state index in [1.807, 2.05) is 6.92 Å². The minimum atomic E-state index is -0.507. The lowest BCUT2D eigenvalue weighted by Crippen LogP contribution is -2.02. The lowest BCUT2D eigenvalue weighted by Gasteiger charge is -2.10. The van der Waals surface area contributed by atoms with Crippen molar-refractivity contribution in [2.24, 2.45) is 5.73 Å². The largest absolute Gasteiger partial charge is 0.436 e. The van der Waals surface area contributed by atoms with E-state index in [2.05, 4.69) is 4.98 Å². The van der Waals surface area contributed by atoms with Gasteiger partial charge in [-0.3, -0.25) is 0 Å². The van der Waals surface area contributed by atoms with Gasteiger partial charge in [0.25, 0.3) is 0 Å². The summed E-state index contributed by atoms with van der Waals surface area (Å²) in [6.07, 6.45) is 1.00. The second-order valence-electron chi connectivity index (χ2n) is 3.86. The summed E-state index contributed by atoms with van der Waals surface area (Å²) in [5.74, 6) is -0.852. The highest BCUT2D eigenvalue weighted by Gasteiger charge is 2.10. The molecule has 0 unspecified atom stereocenters. The first-order valence-electron chi connectivity index (χ1n) is 5.38. The fourth-order valence-corrected chi connectivity index (χ4v) is 1.50. The number of ether oxygens (including phenoxy) is 1. The quantitative estimate of drug-likeness (QED) is 0.911. The minimum absolute atomic E-state index is 0.0452. The van der Waals surface area contributed by atoms with E-state index in [0.29, 0.717) is 5.56 Å². The first-order chi connectivity index (χ1) is 8.60. The zero-order valence-electron chi connectivity index (χ0n) is 9.78. The molecule has 0 aliphatic carbocycles. The summed E-state index contributed by atoms with van der Waals surface area (Å²) in [5.41, 5.74) is 6.70. The van der Waals surface area contributed by atoms with E-state index in [0.717, 1.165) is 11.8 Å². The van der Waals surface area contributed by atoms with Crippen LogP contribution in [0.1, 0.15) is 11.1 Å². The molecular formula is C13H12F2N2O. The minimum Gasteiger partial charge on any atom is -0.436 e. The number of aromatic nitrogens is 1. The number of halogens is 2. The number of benzene rings is 1. The second-order valence-corrected chi connectivity index (χ2v) is 3.86. The van der Waals surface area contributed by atoms with Crippen molar-refractivity contribution >= 4 is 0 Å². The van der Waals surface area contributed by atoms with Crippen LogP contribution in [0.2, 0.25) is 0 Å². The van der Waals surface area contributed by atoms with Gasteiger partial charge in [0.05, 0.1) is 6.20 Å². The number of hydrogen-bond acceptors (Lipinski definition) is 3. The van der Waals surface area contributed by atoms with Crippen molar-refractivity contribution in [3.63, 3.8) is 0 Å². The summed E-state index contributed by atoms with van der Waals surface area (Å²) in [6, 6.07) is 5.69. The normalized spacial score (nSPS) is 10.4. The van der Waals surface area contributed by atoms with Gasteiger partial charge >= 0.3 is 0 Å². The molecule has 18 heavy (non-hydrogen) atoms. The fraction of sp³-hybridized carbons (Fsp3) is 0.154. The summed E-state index contributed by atoms with van der Waals surface area (Å²) in [5, 5.41) is 0. The van der Waals surface area contributed by atoms with Gasteiger partial charge in [0.1, 0.15) is 5.82 Å². The molecule has 0 aliphatic heterocycles. The number of nitrogens with zero attached hydrogens (tertiary/aromatic N) is 1. The molecule has 0 saturated carbocycles. The predicted molar refractivity (Wildman–Crippen MR) is 63.3 cm³/mol. The van der Waals surface area contributed by atoms with Crippen LogP contribution < -0.4 is 10.5 Å². The Kier molecular flexibility index (Phi) is 3.53. The SMILES string of the molecule is Cc1ccc(F)c(Oc2ncc(F)cc2CN)c1. The van der Waals surface area contributed by atoms with Crippen LogP contribution >= 0.6 is 0 Å². The lowest BCUT2D eigenvalue weighted by atomic mass is 10.2. The van der Waals surface area contributed by atoms with Crippen LogP contribution in [0.5, 0.6) is 11.6 Å². The molecule has 0 spiro atoms. The smallest absolute Gasteiger partial charge is 0.224 e. The Morgan fingerprint density at radius 3 is 2.78 bits per heavy atom. The molecule has 0 bridgehead atoms. The van der Waals surface area contributed by atoms with E-state index in [1.165, 1.54) is 12.1 Å². The maximum absolute atomic E-state index is 13.5. The van der Waals surface area contributed by atoms with Crippen LogP contribution in [0.15, 0.2) is 30.5 Å². The second kappa shape index (κ2) is 5.10. The highest BCUT2D eigenvalue weighted by Crippen LogP contribution is 2.26. The van der Waals surface area contributed by atoms with Gasteiger partial charge in [-0.2, -0.15) is 0 Å². The Balaban J connectivity index is 2.36. The van der Waals surface area contributed by atoms with Crippen LogP contribution in [0, 0.1) is 18.6 Å². The maximum Gasteiger partial charge on any atom is 0.224 e. The highest BCUT2D eigenvalue weighted by atomic mass is 19.1. The van der Waals surface area contributed by atoms with Crippen LogP contribution in [0.3, 0.4) is 0 Å². The molecule has 0 atom stereocenters. The van der Waals surface area contributed by atoms with E-state index in [1.54, 1.807) is 12.1 Å². The molecule has 0 amide bonds. The summed E-state index contributed by atoms with van der Waals surface area (Å²) < 4.78 is 31.8. The molecule has 2 N–H and O–H groups in total. The zero-order chi connectivity index (χ0) is 13.1. The van der Waals surface area contributed by atoms with Gasteiger partial charge < -0.3 is 10.5 Å². The van der Waals surface area contributed by atoms with E-state index in [-0.39, 0.29) is 18.2 Å². The molecule has 1 aromatic carbocycles. The summed E-state index contributed by atoms with van der Waals surface area (Å²) >= 11 is 0. The summed E-state index contributed by atoms with van der Waals surface area (Å²) in [6.45, 7) is 1.88. The number of aryl methyl sites for hydroxylation is 1. The van der Waals surface area contributed by atoms with Crippen molar-refractivity contribution in [2.75, 3.05) is 0 Å². The average molecular weight is 250 g/mol. The van der Waals surface area contributed by atoms with Crippen LogP contribution in [-0.4, -0.2) is 4.98 Å². The molecule has 0 fully saturated rings. The van der Waals surface area contributed by atoms with E-state index in [4.69, 9.17) is 10.5 Å². The Morgan fingerprint density at radius 2 is 2.06 bits per heavy atom. The molecule has 0 saturated heterocycles. The Morgan fingerprint density at radius 1 is 1.28 bits per heavy atom. The fourth-order valence-electron chi connectivity index (χ4n) is 1.50. The standard InChI is InChI=1S/C13H12F2N2O/c1-8-2-3-11(15)12(4-8)18-13-9(6-16)5-10(14)7-17-13/h2-5,7H,6,16H2,1H3. The lowest BCUT2D eigenvalue weighted by molar-refractivity contribution is 0.419. The van der Waals surface area contributed by atoms with E-state index >= 15 is 0 Å². The molecule has 0 radical (unpaired) electrons. The molecule has 5 heteroatoms. The maximum atomic E-state index is 13.5. The topological polar surface area (TPSA) is 48.1 Å². The van der Waals surface area contributed by atoms with Gasteiger partial charge in [0, 0.05) is 12.1 Å². The van der Waals surface area contributed by atoms with E-state index < -0.39 is 11.6 Å². The summed E-state index contributed by atoms with van der Waals surface area (Å²) in [7, 11) is 0. The molecular weight excluding hydrogens is 238 g/mol. The first kappa shape index (κ1) is 12.4. The molecule has 0 aliphatic rings. The van der Waals surface area contributed by atoms with E-state index in [9.17, 15) is 8.78 Å². The third-order valence-electron chi connectivity index (χ3n) is 2.41. The van der Waals surface area contributed by atoms with Gasteiger partial charge in [0.15, 0.2) is 11.6 Å². The van der Waals surface area contributed by atoms with Crippen molar-refractivity contribution in [1.82, 2.24) is 4.98 Å². The predicted octanol–water partition coefficient (Wildman–Crippen LogP) is 2.92. The molecule has 1 heterocycles. The van der Waals surface area contributed by atoms with Crippen LogP contribution in [-0.2, 0) is 6.54 Å². The van der Waals surface area contributed by atoms with Crippen molar-refractivity contribution in [1.29, 1.82) is 0 Å². The third-order valence-corrected chi connectivity index (χ3v) is 2.41. The molecule has 94 valence electrons. The monoisotopic (exact) mass is 250 g/mol. The average Bonchev–Trinajstić information content (AvgIpc) is 2.36. The number of rotatable bonds is 3. The van der Waals surface area contributed by atoms with Crippen LogP contribution in [0.25, 0.3) is 0 Å². The Bertz CT molecular complexity index is 573. The molecule has 2 rings (SSSR count). The van der Waals surface area contributed by atoms with Gasteiger partial charge in [-0.15, -0.1) is 0 Å². The van der Waals surface area contributed by atoms with Gasteiger partial charge in [-0.1, -0.05) is 6.07 Å². The third kappa shape index (κ3) is 2.62. The van der Waals surface area contributed by atoms with Gasteiger partial charge in [-0.05, 0) is 30.7 Å². The van der Waals surface area contributed by atoms with Crippen molar-refractivity contribution in [3.05, 3.63) is 53.2 Å². The first-order valence-corrected chi connectivity index (χ1v) is 5.38. The van der Waals surface area contributed by atoms with Crippen molar-refractivity contribution in [2.45, 2.75) is 13.5 Å². The molecule has 2 aromatic rings. The van der Waals surface area contributed by atoms with Gasteiger partial charge in [0.2, 0.25) is 5.88 Å². The number of hydrogen-bond donors (Lipinski definition) is 1. The summed E-state index contributed by atoms with van der Waals surface area (Å²) in [4.78, 5) is 3.77. The Hall–Kier alpha value is -2.01. The van der Waals surface area contributed by atoms with Gasteiger partial charge in [-0.25, -0.2) is 13.8 Å². The number of pyridine rings is 1. The highest BCUT2D eigenvalue weighted by molar-refractivity contribution is 5.35.